The van der Waals surface area contributed by atoms with Gasteiger partial charge in [0.25, 0.3) is 11.6 Å². The molecule has 0 unspecified atom stereocenters. The van der Waals surface area contributed by atoms with Crippen molar-refractivity contribution in [1.82, 2.24) is 5.43 Å². The second-order valence-electron chi connectivity index (χ2n) is 4.51. The predicted molar refractivity (Wildman–Crippen MR) is 78.5 cm³/mol. The molecule has 8 heteroatoms. The van der Waals surface area contributed by atoms with Crippen molar-refractivity contribution in [1.29, 1.82) is 0 Å². The molecule has 0 bridgehead atoms. The van der Waals surface area contributed by atoms with E-state index in [9.17, 15) is 14.9 Å². The number of amides is 1. The lowest BCUT2D eigenvalue weighted by Gasteiger charge is -1.97. The quantitative estimate of drug-likeness (QED) is 0.506. The van der Waals surface area contributed by atoms with Gasteiger partial charge >= 0.3 is 0 Å². The molecule has 1 aromatic heterocycles. The standard InChI is InChI=1S/C14H10N4O4/c15-13-11(14(19)17-16-13)7-10-4-5-12(22-10)8-2-1-3-9(6-8)18(20)21/h1-7H,(H2,15,16)(H,17,19)/b11-7+. The summed E-state index contributed by atoms with van der Waals surface area (Å²) < 4.78 is 5.57. The number of nitrogens with one attached hydrogen (secondary N) is 1. The number of hydrazone groups is 1. The molecule has 22 heavy (non-hydrogen) atoms. The van der Waals surface area contributed by atoms with E-state index in [-0.39, 0.29) is 17.1 Å². The highest BCUT2D eigenvalue weighted by molar-refractivity contribution is 6.26. The minimum absolute atomic E-state index is 0.0275. The largest absolute Gasteiger partial charge is 0.457 e. The number of carbonyl (C=O) groups excluding carboxylic acids is 1. The van der Waals surface area contributed by atoms with Crippen LogP contribution < -0.4 is 11.2 Å². The van der Waals surface area contributed by atoms with Crippen molar-refractivity contribution < 1.29 is 14.1 Å². The van der Waals surface area contributed by atoms with Gasteiger partial charge in [-0.3, -0.25) is 14.9 Å². The molecule has 8 nitrogen and oxygen atoms in total. The maximum Gasteiger partial charge on any atom is 0.275 e. The summed E-state index contributed by atoms with van der Waals surface area (Å²) in [5.74, 6) is 0.514. The van der Waals surface area contributed by atoms with Gasteiger partial charge in [-0.15, -0.1) is 0 Å². The van der Waals surface area contributed by atoms with Gasteiger partial charge < -0.3 is 10.2 Å². The summed E-state index contributed by atoms with van der Waals surface area (Å²) in [6.45, 7) is 0. The summed E-state index contributed by atoms with van der Waals surface area (Å²) in [4.78, 5) is 21.8. The van der Waals surface area contributed by atoms with Crippen molar-refractivity contribution in [3.8, 4) is 11.3 Å². The Morgan fingerprint density at radius 3 is 2.82 bits per heavy atom. The van der Waals surface area contributed by atoms with E-state index in [0.717, 1.165) is 0 Å². The van der Waals surface area contributed by atoms with Crippen LogP contribution in [0.3, 0.4) is 0 Å². The molecule has 110 valence electrons. The van der Waals surface area contributed by atoms with Gasteiger partial charge in [0, 0.05) is 17.7 Å². The summed E-state index contributed by atoms with van der Waals surface area (Å²) in [6, 6.07) is 9.37. The maximum atomic E-state index is 11.5. The number of nitro groups is 1. The number of nitrogens with zero attached hydrogens (tertiary/aromatic N) is 2. The van der Waals surface area contributed by atoms with Crippen LogP contribution in [0.25, 0.3) is 17.4 Å². The fourth-order valence-corrected chi connectivity index (χ4v) is 1.99. The summed E-state index contributed by atoms with van der Waals surface area (Å²) in [5, 5.41) is 14.4. The molecule has 0 saturated carbocycles. The van der Waals surface area contributed by atoms with Crippen LogP contribution in [0.5, 0.6) is 0 Å². The molecule has 2 aromatic rings. The number of carbonyl (C=O) groups is 1. The number of hydrogen-bond acceptors (Lipinski definition) is 6. The van der Waals surface area contributed by atoms with Gasteiger partial charge in [-0.05, 0) is 18.2 Å². The molecule has 0 aliphatic carbocycles. The summed E-state index contributed by atoms with van der Waals surface area (Å²) >= 11 is 0. The molecular formula is C14H10N4O4. The van der Waals surface area contributed by atoms with E-state index >= 15 is 0 Å². The van der Waals surface area contributed by atoms with Crippen LogP contribution in [0.2, 0.25) is 0 Å². The number of benzene rings is 1. The Labute approximate surface area is 124 Å². The highest BCUT2D eigenvalue weighted by atomic mass is 16.6. The van der Waals surface area contributed by atoms with E-state index in [1.165, 1.54) is 18.2 Å². The van der Waals surface area contributed by atoms with Crippen LogP contribution in [0.15, 0.2) is 51.5 Å². The fourth-order valence-electron chi connectivity index (χ4n) is 1.99. The molecule has 1 aromatic carbocycles. The second-order valence-corrected chi connectivity index (χ2v) is 4.51. The number of hydrogen-bond donors (Lipinski definition) is 2. The van der Waals surface area contributed by atoms with Gasteiger partial charge in [0.2, 0.25) is 0 Å². The SMILES string of the molecule is NC1=NNC(=O)/C1=C/c1ccc(-c2cccc([N+](=O)[O-])c2)o1. The number of nitro benzene ring substituents is 1. The van der Waals surface area contributed by atoms with Crippen LogP contribution in [0.4, 0.5) is 5.69 Å². The van der Waals surface area contributed by atoms with Gasteiger partial charge in [0.15, 0.2) is 5.84 Å². The first kappa shape index (κ1) is 13.6. The van der Waals surface area contributed by atoms with Crippen LogP contribution >= 0.6 is 0 Å². The fraction of sp³-hybridized carbons (Fsp3) is 0. The topological polar surface area (TPSA) is 124 Å². The van der Waals surface area contributed by atoms with Crippen molar-refractivity contribution in [2.45, 2.75) is 0 Å². The second kappa shape index (κ2) is 5.17. The zero-order valence-corrected chi connectivity index (χ0v) is 11.1. The van der Waals surface area contributed by atoms with Gasteiger partial charge in [0.05, 0.1) is 10.5 Å². The number of non-ortho nitro benzene ring substituents is 1. The van der Waals surface area contributed by atoms with Gasteiger partial charge in [-0.1, -0.05) is 12.1 Å². The molecule has 0 fully saturated rings. The molecule has 3 N–H and O–H groups in total. The number of furan rings is 1. The van der Waals surface area contributed by atoms with Gasteiger partial charge in [-0.25, -0.2) is 5.43 Å². The Morgan fingerprint density at radius 1 is 1.32 bits per heavy atom. The Bertz CT molecular complexity index is 835. The average Bonchev–Trinajstić information content (AvgIpc) is 3.10. The molecule has 2 heterocycles. The van der Waals surface area contributed by atoms with E-state index in [1.54, 1.807) is 24.3 Å². The van der Waals surface area contributed by atoms with E-state index in [0.29, 0.717) is 17.1 Å². The normalized spacial score (nSPS) is 15.7. The number of rotatable bonds is 3. The zero-order valence-electron chi connectivity index (χ0n) is 11.1. The molecule has 1 aliphatic heterocycles. The Balaban J connectivity index is 1.93. The lowest BCUT2D eigenvalue weighted by molar-refractivity contribution is -0.384. The third-order valence-corrected chi connectivity index (χ3v) is 3.05. The molecule has 1 aliphatic rings. The van der Waals surface area contributed by atoms with Crippen LogP contribution in [-0.4, -0.2) is 16.7 Å². The van der Waals surface area contributed by atoms with Crippen LogP contribution in [-0.2, 0) is 4.79 Å². The summed E-state index contributed by atoms with van der Waals surface area (Å²) in [7, 11) is 0. The minimum atomic E-state index is -0.477. The Morgan fingerprint density at radius 2 is 2.14 bits per heavy atom. The lowest BCUT2D eigenvalue weighted by atomic mass is 10.1. The van der Waals surface area contributed by atoms with Crippen molar-refractivity contribution in [2.75, 3.05) is 0 Å². The monoisotopic (exact) mass is 298 g/mol. The third kappa shape index (κ3) is 2.44. The number of nitrogens with two attached hydrogens (primary N) is 1. The van der Waals surface area contributed by atoms with E-state index in [4.69, 9.17) is 10.2 Å². The van der Waals surface area contributed by atoms with Crippen molar-refractivity contribution >= 4 is 23.5 Å². The van der Waals surface area contributed by atoms with Crippen molar-refractivity contribution in [3.63, 3.8) is 0 Å². The number of amidine groups is 1. The van der Waals surface area contributed by atoms with E-state index in [2.05, 4.69) is 10.5 Å². The molecule has 0 spiro atoms. The summed E-state index contributed by atoms with van der Waals surface area (Å²) in [6.07, 6.45) is 1.46. The van der Waals surface area contributed by atoms with Crippen molar-refractivity contribution in [2.24, 2.45) is 10.8 Å². The lowest BCUT2D eigenvalue weighted by Crippen LogP contribution is -2.16. The highest BCUT2D eigenvalue weighted by Gasteiger charge is 2.20. The first-order valence-corrected chi connectivity index (χ1v) is 6.25. The Hall–Kier alpha value is -3.42. The van der Waals surface area contributed by atoms with E-state index < -0.39 is 10.8 Å². The van der Waals surface area contributed by atoms with E-state index in [1.807, 2.05) is 0 Å². The van der Waals surface area contributed by atoms with Crippen LogP contribution in [0, 0.1) is 10.1 Å². The molecule has 3 rings (SSSR count). The molecule has 0 saturated heterocycles. The summed E-state index contributed by atoms with van der Waals surface area (Å²) in [5.41, 5.74) is 8.55. The zero-order chi connectivity index (χ0) is 15.7. The molecular weight excluding hydrogens is 288 g/mol. The van der Waals surface area contributed by atoms with Gasteiger partial charge in [0.1, 0.15) is 11.5 Å². The third-order valence-electron chi connectivity index (χ3n) is 3.05. The van der Waals surface area contributed by atoms with Crippen LogP contribution in [0.1, 0.15) is 5.76 Å². The molecule has 0 atom stereocenters. The van der Waals surface area contributed by atoms with Gasteiger partial charge in [-0.2, -0.15) is 5.10 Å². The smallest absolute Gasteiger partial charge is 0.275 e. The molecule has 1 amide bonds. The maximum absolute atomic E-state index is 11.5. The predicted octanol–water partition coefficient (Wildman–Crippen LogP) is 1.64. The molecule has 0 radical (unpaired) electrons. The average molecular weight is 298 g/mol. The first-order valence-electron chi connectivity index (χ1n) is 6.25. The first-order chi connectivity index (χ1) is 10.5. The Kier molecular flexibility index (Phi) is 3.18. The van der Waals surface area contributed by atoms with Crippen molar-refractivity contribution in [3.05, 3.63) is 57.8 Å². The highest BCUT2D eigenvalue weighted by Crippen LogP contribution is 2.26. The minimum Gasteiger partial charge on any atom is -0.457 e.